The lowest BCUT2D eigenvalue weighted by Crippen LogP contribution is -2.43. The molecule has 5 heteroatoms. The molecule has 2 N–H and O–H groups in total. The van der Waals surface area contributed by atoms with Gasteiger partial charge in [0.2, 0.25) is 0 Å². The molecule has 2 aliphatic rings. The van der Waals surface area contributed by atoms with Crippen LogP contribution in [0.5, 0.6) is 0 Å². The molecule has 2 heterocycles. The maximum absolute atomic E-state index is 12.5. The van der Waals surface area contributed by atoms with Crippen molar-refractivity contribution in [2.45, 2.75) is 19.4 Å². The van der Waals surface area contributed by atoms with Crippen molar-refractivity contribution in [3.8, 4) is 0 Å². The van der Waals surface area contributed by atoms with E-state index in [9.17, 15) is 4.79 Å². The third-order valence-corrected chi connectivity index (χ3v) is 4.48. The summed E-state index contributed by atoms with van der Waals surface area (Å²) in [6.07, 6.45) is 1.01. The lowest BCUT2D eigenvalue weighted by molar-refractivity contribution is 0.0381. The van der Waals surface area contributed by atoms with Gasteiger partial charge in [0, 0.05) is 44.0 Å². The number of anilines is 1. The van der Waals surface area contributed by atoms with Crippen LogP contribution in [-0.4, -0.2) is 62.7 Å². The van der Waals surface area contributed by atoms with Crippen LogP contribution in [0.15, 0.2) is 18.2 Å². The Morgan fingerprint density at radius 3 is 3.05 bits per heavy atom. The highest BCUT2D eigenvalue weighted by atomic mass is 16.5. The number of ether oxygens (including phenoxy) is 1. The lowest BCUT2D eigenvalue weighted by Gasteiger charge is -2.27. The Morgan fingerprint density at radius 2 is 2.23 bits per heavy atom. The van der Waals surface area contributed by atoms with Gasteiger partial charge in [-0.25, -0.2) is 0 Å². The lowest BCUT2D eigenvalue weighted by atomic mass is 10.0. The van der Waals surface area contributed by atoms with E-state index in [0.717, 1.165) is 57.9 Å². The topological polar surface area (TPSA) is 53.6 Å². The van der Waals surface area contributed by atoms with Crippen LogP contribution in [0.4, 0.5) is 5.69 Å². The van der Waals surface area contributed by atoms with Gasteiger partial charge in [0.25, 0.3) is 0 Å². The van der Waals surface area contributed by atoms with Crippen molar-refractivity contribution in [1.82, 2.24) is 10.2 Å². The van der Waals surface area contributed by atoms with Crippen LogP contribution in [0.2, 0.25) is 0 Å². The predicted octanol–water partition coefficient (Wildman–Crippen LogP) is 1.15. The number of hydrogen-bond acceptors (Lipinski definition) is 5. The number of hydrogen-bond donors (Lipinski definition) is 2. The number of carbonyl (C=O) groups excluding carboxylic acids is 1. The molecule has 1 atom stereocenters. The highest BCUT2D eigenvalue weighted by molar-refractivity contribution is 6.00. The van der Waals surface area contributed by atoms with E-state index < -0.39 is 0 Å². The maximum Gasteiger partial charge on any atom is 0.179 e. The molecular formula is C17H25N3O2. The minimum absolute atomic E-state index is 0.145. The summed E-state index contributed by atoms with van der Waals surface area (Å²) in [6.45, 7) is 8.33. The van der Waals surface area contributed by atoms with E-state index in [1.165, 1.54) is 11.3 Å². The van der Waals surface area contributed by atoms with Crippen molar-refractivity contribution < 1.29 is 9.53 Å². The minimum Gasteiger partial charge on any atom is -0.384 e. The number of nitrogens with one attached hydrogen (secondary N) is 2. The Balaban J connectivity index is 1.49. The molecule has 1 fully saturated rings. The van der Waals surface area contributed by atoms with Crippen molar-refractivity contribution in [3.05, 3.63) is 29.3 Å². The van der Waals surface area contributed by atoms with Crippen molar-refractivity contribution in [3.63, 3.8) is 0 Å². The normalized spacial score (nSPS) is 19.5. The number of morpholine rings is 1. The summed E-state index contributed by atoms with van der Waals surface area (Å²) in [4.78, 5) is 14.9. The Morgan fingerprint density at radius 1 is 1.41 bits per heavy atom. The number of carbonyl (C=O) groups is 1. The van der Waals surface area contributed by atoms with Crippen LogP contribution in [-0.2, 0) is 11.2 Å². The molecule has 2 aliphatic heterocycles. The fraction of sp³-hybridized carbons (Fsp3) is 0.588. The highest BCUT2D eigenvalue weighted by Gasteiger charge is 2.18. The number of ketones is 1. The molecule has 0 aromatic heterocycles. The van der Waals surface area contributed by atoms with E-state index in [1.807, 2.05) is 25.1 Å². The van der Waals surface area contributed by atoms with Gasteiger partial charge in [-0.2, -0.15) is 0 Å². The zero-order valence-corrected chi connectivity index (χ0v) is 13.2. The molecule has 5 nitrogen and oxygen atoms in total. The fourth-order valence-electron chi connectivity index (χ4n) is 3.06. The molecule has 1 aromatic rings. The standard InChI is InChI=1S/C17H25N3O2/c1-13(18-6-7-20-8-10-22-11-9-20)17(21)15-2-3-16-14(12-15)4-5-19-16/h2-3,12-13,18-19H,4-11H2,1H3. The van der Waals surface area contributed by atoms with Crippen molar-refractivity contribution >= 4 is 11.5 Å². The summed E-state index contributed by atoms with van der Waals surface area (Å²) in [5.41, 5.74) is 3.24. The summed E-state index contributed by atoms with van der Waals surface area (Å²) < 4.78 is 5.34. The second kappa shape index (κ2) is 7.22. The average molecular weight is 303 g/mol. The van der Waals surface area contributed by atoms with Gasteiger partial charge in [0.15, 0.2) is 5.78 Å². The average Bonchev–Trinajstić information content (AvgIpc) is 3.02. The van der Waals surface area contributed by atoms with Gasteiger partial charge in [-0.05, 0) is 37.1 Å². The van der Waals surface area contributed by atoms with E-state index in [2.05, 4.69) is 15.5 Å². The molecule has 0 amide bonds. The first-order valence-electron chi connectivity index (χ1n) is 8.18. The Hall–Kier alpha value is -1.43. The molecule has 1 saturated heterocycles. The van der Waals surface area contributed by atoms with Gasteiger partial charge in [-0.1, -0.05) is 0 Å². The van der Waals surface area contributed by atoms with Gasteiger partial charge in [0.05, 0.1) is 19.3 Å². The smallest absolute Gasteiger partial charge is 0.179 e. The van der Waals surface area contributed by atoms with Crippen LogP contribution in [0.25, 0.3) is 0 Å². The molecule has 0 bridgehead atoms. The highest BCUT2D eigenvalue weighted by Crippen LogP contribution is 2.23. The number of rotatable bonds is 6. The molecule has 0 aliphatic carbocycles. The van der Waals surface area contributed by atoms with Crippen LogP contribution < -0.4 is 10.6 Å². The van der Waals surface area contributed by atoms with E-state index in [-0.39, 0.29) is 11.8 Å². The number of benzene rings is 1. The first kappa shape index (κ1) is 15.5. The Labute approximate surface area is 132 Å². The second-order valence-corrected chi connectivity index (χ2v) is 6.04. The fourth-order valence-corrected chi connectivity index (χ4v) is 3.06. The Kier molecular flexibility index (Phi) is 5.08. The van der Waals surface area contributed by atoms with Crippen LogP contribution in [0.1, 0.15) is 22.8 Å². The first-order chi connectivity index (χ1) is 10.7. The van der Waals surface area contributed by atoms with Crippen molar-refractivity contribution in [1.29, 1.82) is 0 Å². The van der Waals surface area contributed by atoms with Gasteiger partial charge in [-0.15, -0.1) is 0 Å². The number of nitrogens with zero attached hydrogens (tertiary/aromatic N) is 1. The number of fused-ring (bicyclic) bond motifs is 1. The Bertz CT molecular complexity index is 527. The number of Topliss-reactive ketones (excluding diaryl/α,β-unsaturated/α-hetero) is 1. The van der Waals surface area contributed by atoms with E-state index in [1.54, 1.807) is 0 Å². The summed E-state index contributed by atoms with van der Waals surface area (Å²) in [7, 11) is 0. The summed E-state index contributed by atoms with van der Waals surface area (Å²) in [5, 5.41) is 6.67. The molecule has 120 valence electrons. The van der Waals surface area contributed by atoms with Crippen LogP contribution >= 0.6 is 0 Å². The van der Waals surface area contributed by atoms with E-state index in [4.69, 9.17) is 4.74 Å². The second-order valence-electron chi connectivity index (χ2n) is 6.04. The zero-order valence-electron chi connectivity index (χ0n) is 13.2. The van der Waals surface area contributed by atoms with E-state index >= 15 is 0 Å². The van der Waals surface area contributed by atoms with Crippen LogP contribution in [0, 0.1) is 0 Å². The van der Waals surface area contributed by atoms with Gasteiger partial charge in [-0.3, -0.25) is 9.69 Å². The maximum atomic E-state index is 12.5. The quantitative estimate of drug-likeness (QED) is 0.772. The molecule has 3 rings (SSSR count). The third kappa shape index (κ3) is 3.66. The van der Waals surface area contributed by atoms with Crippen LogP contribution in [0.3, 0.4) is 0 Å². The molecule has 22 heavy (non-hydrogen) atoms. The van der Waals surface area contributed by atoms with Crippen molar-refractivity contribution in [2.24, 2.45) is 0 Å². The van der Waals surface area contributed by atoms with Crippen molar-refractivity contribution in [2.75, 3.05) is 51.3 Å². The van der Waals surface area contributed by atoms with E-state index in [0.29, 0.717) is 0 Å². The third-order valence-electron chi connectivity index (χ3n) is 4.48. The summed E-state index contributed by atoms with van der Waals surface area (Å²) in [5.74, 6) is 0.177. The van der Waals surface area contributed by atoms with Gasteiger partial charge >= 0.3 is 0 Å². The summed E-state index contributed by atoms with van der Waals surface area (Å²) >= 11 is 0. The van der Waals surface area contributed by atoms with Gasteiger partial charge in [0.1, 0.15) is 0 Å². The molecule has 0 radical (unpaired) electrons. The zero-order chi connectivity index (χ0) is 15.4. The van der Waals surface area contributed by atoms with Gasteiger partial charge < -0.3 is 15.4 Å². The molecule has 0 spiro atoms. The molecular weight excluding hydrogens is 278 g/mol. The minimum atomic E-state index is -0.145. The first-order valence-corrected chi connectivity index (χ1v) is 8.18. The molecule has 0 saturated carbocycles. The molecule has 1 unspecified atom stereocenters. The predicted molar refractivity (Wildman–Crippen MR) is 87.7 cm³/mol. The summed E-state index contributed by atoms with van der Waals surface area (Å²) in [6, 6.07) is 5.85. The monoisotopic (exact) mass is 303 g/mol. The largest absolute Gasteiger partial charge is 0.384 e. The SMILES string of the molecule is CC(NCCN1CCOCC1)C(=O)c1ccc2c(c1)CCN2. The molecule has 1 aromatic carbocycles.